The zero-order valence-corrected chi connectivity index (χ0v) is 28.6. The molecular weight excluding hydrogens is 668 g/mol. The van der Waals surface area contributed by atoms with Crippen LogP contribution in [0, 0.1) is 54.2 Å². The van der Waals surface area contributed by atoms with Crippen molar-refractivity contribution in [1.82, 2.24) is 19.9 Å². The molecule has 1 aliphatic carbocycles. The molecule has 2 aromatic carbocycles. The van der Waals surface area contributed by atoms with Crippen LogP contribution in [0.1, 0.15) is 59.2 Å². The number of pyridine rings is 1. The Morgan fingerprint density at radius 2 is 1.94 bits per heavy atom. The van der Waals surface area contributed by atoms with Gasteiger partial charge >= 0.3 is 0 Å². The summed E-state index contributed by atoms with van der Waals surface area (Å²) in [7, 11) is 0. The van der Waals surface area contributed by atoms with Gasteiger partial charge in [0.25, 0.3) is 0 Å². The van der Waals surface area contributed by atoms with Gasteiger partial charge in [0.05, 0.1) is 39.4 Å². The van der Waals surface area contributed by atoms with Gasteiger partial charge in [-0.1, -0.05) is 46.7 Å². The van der Waals surface area contributed by atoms with Crippen molar-refractivity contribution < 1.29 is 9.18 Å². The summed E-state index contributed by atoms with van der Waals surface area (Å²) < 4.78 is 16.7. The maximum absolute atomic E-state index is 16.7. The number of fused-ring (bicyclic) bond motifs is 5. The Morgan fingerprint density at radius 1 is 1.12 bits per heavy atom. The molecule has 1 saturated carbocycles. The lowest BCUT2D eigenvalue weighted by atomic mass is 9.93. The van der Waals surface area contributed by atoms with Crippen LogP contribution in [0.15, 0.2) is 30.3 Å². The van der Waals surface area contributed by atoms with Crippen LogP contribution >= 0.6 is 34.5 Å². The zero-order valence-electron chi connectivity index (χ0n) is 26.3. The molecule has 5 aromatic rings. The van der Waals surface area contributed by atoms with Crippen molar-refractivity contribution in [3.8, 4) is 23.3 Å². The van der Waals surface area contributed by atoms with E-state index in [1.54, 1.807) is 18.2 Å². The van der Waals surface area contributed by atoms with Gasteiger partial charge in [0.1, 0.15) is 16.5 Å². The summed E-state index contributed by atoms with van der Waals surface area (Å²) in [6, 6.07) is 13.4. The van der Waals surface area contributed by atoms with Gasteiger partial charge in [0.15, 0.2) is 10.9 Å². The van der Waals surface area contributed by atoms with E-state index < -0.39 is 5.82 Å². The lowest BCUT2D eigenvalue weighted by Gasteiger charge is -2.32. The number of nitriles is 2. The highest BCUT2D eigenvalue weighted by Gasteiger charge is 2.52. The van der Waals surface area contributed by atoms with Gasteiger partial charge in [-0.15, -0.1) is 0 Å². The second kappa shape index (κ2) is 11.7. The van der Waals surface area contributed by atoms with Crippen molar-refractivity contribution in [3.05, 3.63) is 73.7 Å². The standard InChI is InChI=1S/C36H30Cl2FN7OS/c1-17-24-13-27(34-21-11-22(46(34)35(47)19-8-9-19)16-45(15-21)36-43-18(2)28(14-41)48-36)44-32(24)25-12-20(5-4-10-40)29(31(39)33(25)42-17)23-6-3-7-26(37)30(23)38/h3,6-7,12-13,19,21-22,34,44H,4-5,8-9,11,15-16H2,1-2H3. The van der Waals surface area contributed by atoms with Gasteiger partial charge in [-0.3, -0.25) is 4.79 Å². The monoisotopic (exact) mass is 697 g/mol. The van der Waals surface area contributed by atoms with Gasteiger partial charge in [0, 0.05) is 64.6 Å². The highest BCUT2D eigenvalue weighted by Crippen LogP contribution is 2.49. The molecule has 0 spiro atoms. The van der Waals surface area contributed by atoms with E-state index in [1.807, 2.05) is 19.9 Å². The van der Waals surface area contributed by atoms with Crippen molar-refractivity contribution in [1.29, 1.82) is 10.5 Å². The van der Waals surface area contributed by atoms with Crippen LogP contribution in [0.3, 0.4) is 0 Å². The number of aryl methyl sites for hydroxylation is 3. The average molecular weight is 699 g/mol. The Kier molecular flexibility index (Phi) is 7.59. The molecule has 1 N–H and O–H groups in total. The molecule has 3 unspecified atom stereocenters. The molecule has 8 nitrogen and oxygen atoms in total. The van der Waals surface area contributed by atoms with E-state index in [0.717, 1.165) is 46.7 Å². The largest absolute Gasteiger partial charge is 0.356 e. The van der Waals surface area contributed by atoms with Crippen LogP contribution in [-0.4, -0.2) is 44.9 Å². The summed E-state index contributed by atoms with van der Waals surface area (Å²) in [4.78, 5) is 32.0. The third-order valence-corrected chi connectivity index (χ3v) is 12.0. The molecule has 1 amide bonds. The maximum Gasteiger partial charge on any atom is 0.226 e. The van der Waals surface area contributed by atoms with Gasteiger partial charge in [-0.2, -0.15) is 10.5 Å². The molecule has 3 fully saturated rings. The zero-order chi connectivity index (χ0) is 33.4. The molecule has 0 radical (unpaired) electrons. The Morgan fingerprint density at radius 3 is 2.67 bits per heavy atom. The molecule has 2 aliphatic heterocycles. The molecule has 12 heteroatoms. The highest BCUT2D eigenvalue weighted by atomic mass is 35.5. The molecule has 8 rings (SSSR count). The summed E-state index contributed by atoms with van der Waals surface area (Å²) in [5, 5.41) is 21.8. The van der Waals surface area contributed by atoms with Crippen molar-refractivity contribution >= 4 is 67.4 Å². The molecule has 2 saturated heterocycles. The molecular formula is C36H30Cl2FN7OS. The first-order valence-electron chi connectivity index (χ1n) is 16.1. The van der Waals surface area contributed by atoms with E-state index in [1.165, 1.54) is 11.3 Å². The van der Waals surface area contributed by atoms with Gasteiger partial charge in [0.2, 0.25) is 5.91 Å². The normalized spacial score (nSPS) is 20.4. The summed E-state index contributed by atoms with van der Waals surface area (Å²) in [6.45, 7) is 5.09. The third-order valence-electron chi connectivity index (χ3n) is 10.1. The molecule has 3 aromatic heterocycles. The molecule has 2 bridgehead atoms. The second-order valence-corrected chi connectivity index (χ2v) is 14.9. The summed E-state index contributed by atoms with van der Waals surface area (Å²) >= 11 is 14.3. The van der Waals surface area contributed by atoms with E-state index in [4.69, 9.17) is 33.2 Å². The third kappa shape index (κ3) is 4.92. The minimum absolute atomic E-state index is 0.0130. The van der Waals surface area contributed by atoms with Crippen molar-refractivity contribution in [3.63, 3.8) is 0 Å². The fourth-order valence-electron chi connectivity index (χ4n) is 7.76. The predicted octanol–water partition coefficient (Wildman–Crippen LogP) is 8.42. The number of H-pyrrole nitrogens is 1. The molecule has 3 atom stereocenters. The van der Waals surface area contributed by atoms with E-state index in [-0.39, 0.29) is 46.8 Å². The number of likely N-dealkylation sites (tertiary alicyclic amines) is 1. The number of piperidine rings is 1. The van der Waals surface area contributed by atoms with Crippen LogP contribution in [0.25, 0.3) is 32.9 Å². The van der Waals surface area contributed by atoms with Gasteiger partial charge in [-0.25, -0.2) is 14.4 Å². The van der Waals surface area contributed by atoms with Crippen molar-refractivity contribution in [2.75, 3.05) is 18.0 Å². The quantitative estimate of drug-likeness (QED) is 0.191. The number of hydrogen-bond donors (Lipinski definition) is 1. The number of anilines is 1. The highest BCUT2D eigenvalue weighted by molar-refractivity contribution is 7.16. The number of carbonyl (C=O) groups is 1. The number of aromatic nitrogens is 3. The molecule has 3 aliphatic rings. The van der Waals surface area contributed by atoms with Crippen LogP contribution in [0.5, 0.6) is 0 Å². The maximum atomic E-state index is 16.7. The Hall–Kier alpha value is -4.22. The van der Waals surface area contributed by atoms with E-state index >= 15 is 4.39 Å². The number of benzene rings is 2. The number of hydrogen-bond acceptors (Lipinski definition) is 7. The second-order valence-electron chi connectivity index (χ2n) is 13.1. The lowest BCUT2D eigenvalue weighted by Crippen LogP contribution is -2.44. The minimum Gasteiger partial charge on any atom is -0.356 e. The van der Waals surface area contributed by atoms with Crippen LogP contribution in [0.2, 0.25) is 10.0 Å². The van der Waals surface area contributed by atoms with Gasteiger partial charge in [-0.05, 0) is 63.3 Å². The predicted molar refractivity (Wildman–Crippen MR) is 186 cm³/mol. The number of rotatable bonds is 6. The van der Waals surface area contributed by atoms with Crippen molar-refractivity contribution in [2.45, 2.75) is 58.0 Å². The van der Waals surface area contributed by atoms with Crippen LogP contribution in [-0.2, 0) is 11.2 Å². The minimum atomic E-state index is -0.515. The van der Waals surface area contributed by atoms with Gasteiger partial charge < -0.3 is 14.8 Å². The fourth-order valence-corrected chi connectivity index (χ4v) is 9.04. The van der Waals surface area contributed by atoms with E-state index in [0.29, 0.717) is 57.2 Å². The summed E-state index contributed by atoms with van der Waals surface area (Å²) in [6.07, 6.45) is 3.21. The fraction of sp³-hybridized carbons (Fsp3) is 0.361. The number of thiazole rings is 1. The smallest absolute Gasteiger partial charge is 0.226 e. The topological polar surface area (TPSA) is 113 Å². The van der Waals surface area contributed by atoms with Crippen LogP contribution < -0.4 is 4.90 Å². The van der Waals surface area contributed by atoms with Crippen molar-refractivity contribution in [2.24, 2.45) is 11.8 Å². The first-order chi connectivity index (χ1) is 23.2. The van der Waals surface area contributed by atoms with E-state index in [2.05, 4.69) is 33.0 Å². The average Bonchev–Trinajstić information content (AvgIpc) is 3.63. The Labute approximate surface area is 290 Å². The number of aromatic amines is 1. The van der Waals surface area contributed by atoms with Crippen LogP contribution in [0.4, 0.5) is 9.52 Å². The molecule has 242 valence electrons. The Bertz CT molecular complexity index is 2250. The SMILES string of the molecule is Cc1nc(N2CC3CC(C2)N(C(=O)C2CC2)C3c2cc3c(C)nc4c(F)c(-c5cccc(Cl)c5Cl)c(CCC#N)cc4c3[nH]2)sc1C#N. The lowest BCUT2D eigenvalue weighted by molar-refractivity contribution is -0.135. The number of nitrogens with zero attached hydrogens (tertiary/aromatic N) is 6. The summed E-state index contributed by atoms with van der Waals surface area (Å²) in [5.41, 5.74) is 4.64. The molecule has 48 heavy (non-hydrogen) atoms. The molecule has 5 heterocycles. The Balaban J connectivity index is 1.27. The first kappa shape index (κ1) is 31.1. The first-order valence-corrected chi connectivity index (χ1v) is 17.7. The number of amides is 1. The van der Waals surface area contributed by atoms with E-state index in [9.17, 15) is 15.3 Å². The number of carbonyl (C=O) groups excluding carboxylic acids is 1. The number of halogens is 3. The number of nitrogens with one attached hydrogen (secondary N) is 1. The summed E-state index contributed by atoms with van der Waals surface area (Å²) in [5.74, 6) is -0.143.